The van der Waals surface area contributed by atoms with Gasteiger partial charge in [-0.1, -0.05) is 24.3 Å². The van der Waals surface area contributed by atoms with Gasteiger partial charge in [-0.05, 0) is 30.3 Å². The molecule has 0 fully saturated rings. The molecule has 0 atom stereocenters. The molecule has 3 aromatic rings. The summed E-state index contributed by atoms with van der Waals surface area (Å²) in [6.45, 7) is 0. The van der Waals surface area contributed by atoms with Gasteiger partial charge >= 0.3 is 0 Å². The van der Waals surface area contributed by atoms with E-state index in [1.807, 2.05) is 0 Å². The highest BCUT2D eigenvalue weighted by molar-refractivity contribution is 7.92. The van der Waals surface area contributed by atoms with Crippen molar-refractivity contribution in [3.05, 3.63) is 82.4 Å². The third-order valence-corrected chi connectivity index (χ3v) is 5.84. The number of ether oxygens (including phenoxy) is 2. The Bertz CT molecular complexity index is 1280. The minimum absolute atomic E-state index is 0.00697. The Labute approximate surface area is 184 Å². The van der Waals surface area contributed by atoms with Crippen molar-refractivity contribution in [2.45, 2.75) is 4.90 Å². The van der Waals surface area contributed by atoms with Crippen molar-refractivity contribution < 1.29 is 27.6 Å². The fourth-order valence-corrected chi connectivity index (χ4v) is 4.15. The van der Waals surface area contributed by atoms with Gasteiger partial charge in [0, 0.05) is 12.1 Å². The Morgan fingerprint density at radius 2 is 1.62 bits per heavy atom. The van der Waals surface area contributed by atoms with Gasteiger partial charge in [0.25, 0.3) is 21.6 Å². The molecule has 1 amide bonds. The number of nitrogens with one attached hydrogen (secondary N) is 2. The van der Waals surface area contributed by atoms with E-state index in [2.05, 4.69) is 10.0 Å². The molecule has 0 unspecified atom stereocenters. The molecule has 32 heavy (non-hydrogen) atoms. The minimum Gasteiger partial charge on any atom is -0.497 e. The highest BCUT2D eigenvalue weighted by atomic mass is 32.2. The summed E-state index contributed by atoms with van der Waals surface area (Å²) in [6, 6.07) is 15.6. The van der Waals surface area contributed by atoms with Crippen LogP contribution in [0.3, 0.4) is 0 Å². The van der Waals surface area contributed by atoms with E-state index in [0.717, 1.165) is 12.1 Å². The van der Waals surface area contributed by atoms with E-state index in [-0.39, 0.29) is 11.3 Å². The van der Waals surface area contributed by atoms with Gasteiger partial charge in [-0.15, -0.1) is 0 Å². The standard InChI is InChI=1S/C21H19N3O7S/c1-30-14-11-12-17(19(13-14)31-2)22-21(25)15-7-3-4-8-16(15)23-32(28,29)20-10-6-5-9-18(20)24(26)27/h3-13,23H,1-2H3,(H,22,25). The molecule has 0 radical (unpaired) electrons. The Hall–Kier alpha value is -4.12. The first-order chi connectivity index (χ1) is 15.3. The second-order valence-corrected chi connectivity index (χ2v) is 8.05. The second kappa shape index (κ2) is 9.35. The van der Waals surface area contributed by atoms with Crippen molar-refractivity contribution in [1.82, 2.24) is 0 Å². The van der Waals surface area contributed by atoms with E-state index < -0.39 is 31.4 Å². The highest BCUT2D eigenvalue weighted by Crippen LogP contribution is 2.31. The van der Waals surface area contributed by atoms with Gasteiger partial charge in [-0.2, -0.15) is 0 Å². The molecule has 0 aliphatic carbocycles. The number of nitro groups is 1. The van der Waals surface area contributed by atoms with Crippen LogP contribution in [0, 0.1) is 10.1 Å². The maximum absolute atomic E-state index is 12.9. The molecule has 3 rings (SSSR count). The quantitative estimate of drug-likeness (QED) is 0.389. The summed E-state index contributed by atoms with van der Waals surface area (Å²) in [6.07, 6.45) is 0. The summed E-state index contributed by atoms with van der Waals surface area (Å²) < 4.78 is 38.4. The van der Waals surface area contributed by atoms with Crippen molar-refractivity contribution in [2.75, 3.05) is 24.3 Å². The first kappa shape index (κ1) is 22.6. The summed E-state index contributed by atoms with van der Waals surface area (Å²) >= 11 is 0. The van der Waals surface area contributed by atoms with Crippen molar-refractivity contribution in [2.24, 2.45) is 0 Å². The number of carbonyl (C=O) groups is 1. The zero-order valence-corrected chi connectivity index (χ0v) is 17.9. The summed E-state index contributed by atoms with van der Waals surface area (Å²) in [5.74, 6) is 0.252. The predicted molar refractivity (Wildman–Crippen MR) is 118 cm³/mol. The van der Waals surface area contributed by atoms with Crippen molar-refractivity contribution in [1.29, 1.82) is 0 Å². The van der Waals surface area contributed by atoms with Crippen LogP contribution in [0.15, 0.2) is 71.6 Å². The van der Waals surface area contributed by atoms with Crippen LogP contribution < -0.4 is 19.5 Å². The number of nitro benzene ring substituents is 1. The number of hydrogen-bond acceptors (Lipinski definition) is 7. The lowest BCUT2D eigenvalue weighted by molar-refractivity contribution is -0.387. The molecular formula is C21H19N3O7S. The van der Waals surface area contributed by atoms with Gasteiger partial charge in [-0.25, -0.2) is 8.42 Å². The molecule has 11 heteroatoms. The third kappa shape index (κ3) is 4.78. The normalized spacial score (nSPS) is 10.8. The lowest BCUT2D eigenvalue weighted by Gasteiger charge is -2.14. The molecule has 0 saturated carbocycles. The van der Waals surface area contributed by atoms with E-state index >= 15 is 0 Å². The van der Waals surface area contributed by atoms with Crippen molar-refractivity contribution >= 4 is 33.0 Å². The van der Waals surface area contributed by atoms with Crippen LogP contribution >= 0.6 is 0 Å². The zero-order chi connectivity index (χ0) is 23.3. The molecular weight excluding hydrogens is 438 g/mol. The maximum Gasteiger partial charge on any atom is 0.289 e. The lowest BCUT2D eigenvalue weighted by atomic mass is 10.1. The summed E-state index contributed by atoms with van der Waals surface area (Å²) in [5.41, 5.74) is -0.275. The monoisotopic (exact) mass is 457 g/mol. The SMILES string of the molecule is COc1ccc(NC(=O)c2ccccc2NS(=O)(=O)c2ccccc2[N+](=O)[O-])c(OC)c1. The van der Waals surface area contributed by atoms with Gasteiger partial charge in [-0.3, -0.25) is 19.6 Å². The topological polar surface area (TPSA) is 137 Å². The number of benzene rings is 3. The molecule has 166 valence electrons. The first-order valence-electron chi connectivity index (χ1n) is 9.15. The van der Waals surface area contributed by atoms with Gasteiger partial charge in [0.1, 0.15) is 11.5 Å². The van der Waals surface area contributed by atoms with Gasteiger partial charge in [0.05, 0.1) is 36.1 Å². The maximum atomic E-state index is 12.9. The molecule has 2 N–H and O–H groups in total. The lowest BCUT2D eigenvalue weighted by Crippen LogP contribution is -2.19. The molecule has 10 nitrogen and oxygen atoms in total. The smallest absolute Gasteiger partial charge is 0.289 e. The number of sulfonamides is 1. The number of hydrogen-bond donors (Lipinski definition) is 2. The van der Waals surface area contributed by atoms with Crippen molar-refractivity contribution in [3.8, 4) is 11.5 Å². The molecule has 0 aliphatic heterocycles. The van der Waals surface area contributed by atoms with Gasteiger partial charge in [0.15, 0.2) is 4.90 Å². The van der Waals surface area contributed by atoms with Crippen LogP contribution in [0.4, 0.5) is 17.1 Å². The number of methoxy groups -OCH3 is 2. The van der Waals surface area contributed by atoms with Crippen LogP contribution in [-0.4, -0.2) is 33.5 Å². The van der Waals surface area contributed by atoms with Crippen LogP contribution in [0.5, 0.6) is 11.5 Å². The van der Waals surface area contributed by atoms with Crippen LogP contribution in [0.2, 0.25) is 0 Å². The van der Waals surface area contributed by atoms with E-state index in [4.69, 9.17) is 9.47 Å². The second-order valence-electron chi connectivity index (χ2n) is 6.40. The molecule has 3 aromatic carbocycles. The van der Waals surface area contributed by atoms with E-state index in [9.17, 15) is 23.3 Å². The number of anilines is 2. The number of para-hydroxylation sites is 2. The zero-order valence-electron chi connectivity index (χ0n) is 17.1. The largest absolute Gasteiger partial charge is 0.497 e. The molecule has 0 aliphatic rings. The molecule has 0 saturated heterocycles. The molecule has 0 aromatic heterocycles. The van der Waals surface area contributed by atoms with Crippen LogP contribution in [0.25, 0.3) is 0 Å². The van der Waals surface area contributed by atoms with Gasteiger partial charge in [0.2, 0.25) is 0 Å². The highest BCUT2D eigenvalue weighted by Gasteiger charge is 2.26. The molecule has 0 heterocycles. The fourth-order valence-electron chi connectivity index (χ4n) is 2.90. The summed E-state index contributed by atoms with van der Waals surface area (Å²) in [5, 5.41) is 13.9. The average Bonchev–Trinajstić information content (AvgIpc) is 2.79. The predicted octanol–water partition coefficient (Wildman–Crippen LogP) is 3.67. The average molecular weight is 457 g/mol. The van der Waals surface area contributed by atoms with Crippen molar-refractivity contribution in [3.63, 3.8) is 0 Å². The Morgan fingerprint density at radius 1 is 0.938 bits per heavy atom. The Kier molecular flexibility index (Phi) is 6.59. The van der Waals surface area contributed by atoms with E-state index in [1.54, 1.807) is 24.3 Å². The molecule has 0 bridgehead atoms. The number of rotatable bonds is 8. The number of carbonyl (C=O) groups excluding carboxylic acids is 1. The number of nitrogens with zero attached hydrogens (tertiary/aromatic N) is 1. The van der Waals surface area contributed by atoms with Gasteiger partial charge < -0.3 is 14.8 Å². The number of amides is 1. The summed E-state index contributed by atoms with van der Waals surface area (Å²) in [7, 11) is -1.43. The van der Waals surface area contributed by atoms with Crippen LogP contribution in [0.1, 0.15) is 10.4 Å². The fraction of sp³-hybridized carbons (Fsp3) is 0.0952. The van der Waals surface area contributed by atoms with E-state index in [0.29, 0.717) is 17.2 Å². The first-order valence-corrected chi connectivity index (χ1v) is 10.6. The van der Waals surface area contributed by atoms with Crippen LogP contribution in [-0.2, 0) is 10.0 Å². The summed E-state index contributed by atoms with van der Waals surface area (Å²) in [4.78, 5) is 22.8. The van der Waals surface area contributed by atoms with E-state index in [1.165, 1.54) is 44.6 Å². The minimum atomic E-state index is -4.35. The Morgan fingerprint density at radius 3 is 2.31 bits per heavy atom. The third-order valence-electron chi connectivity index (χ3n) is 4.42. The molecule has 0 spiro atoms. The Balaban J connectivity index is 1.93.